The topological polar surface area (TPSA) is 99.4 Å². The fraction of sp³-hybridized carbons (Fsp3) is 0.286. The van der Waals surface area contributed by atoms with Gasteiger partial charge in [0.2, 0.25) is 0 Å². The maximum absolute atomic E-state index is 13.9. The lowest BCUT2D eigenvalue weighted by atomic mass is 9.76. The molecule has 0 saturated carbocycles. The summed E-state index contributed by atoms with van der Waals surface area (Å²) < 4.78 is 7.17. The Bertz CT molecular complexity index is 1500. The number of allylic oxidation sites excluding steroid dienone is 2. The first-order valence-corrected chi connectivity index (χ1v) is 12.0. The molecule has 8 heteroatoms. The lowest BCUT2D eigenvalue weighted by molar-refractivity contribution is -0.141. The number of ketones is 1. The Morgan fingerprint density at radius 1 is 1.00 bits per heavy atom. The van der Waals surface area contributed by atoms with E-state index in [1.807, 2.05) is 61.5 Å². The molecule has 0 amide bonds. The highest BCUT2D eigenvalue weighted by Gasteiger charge is 2.39. The summed E-state index contributed by atoms with van der Waals surface area (Å²) in [5, 5.41) is 3.30. The molecular weight excluding hydrogens is 458 g/mol. The smallest absolute Gasteiger partial charge is 0.333 e. The minimum absolute atomic E-state index is 0.0142. The fourth-order valence-electron chi connectivity index (χ4n) is 5.07. The van der Waals surface area contributed by atoms with Crippen LogP contribution in [0.4, 0.5) is 5.82 Å². The Kier molecular flexibility index (Phi) is 6.18. The third-order valence-electron chi connectivity index (χ3n) is 6.87. The molecule has 184 valence electrons. The van der Waals surface area contributed by atoms with E-state index in [4.69, 9.17) is 4.74 Å². The third-order valence-corrected chi connectivity index (χ3v) is 6.87. The van der Waals surface area contributed by atoms with Crippen LogP contribution in [0, 0.1) is 6.92 Å². The van der Waals surface area contributed by atoms with Gasteiger partial charge in [0.25, 0.3) is 5.56 Å². The third kappa shape index (κ3) is 4.08. The highest BCUT2D eigenvalue weighted by molar-refractivity contribution is 6.00. The molecule has 0 fully saturated rings. The lowest BCUT2D eigenvalue weighted by Crippen LogP contribution is -2.47. The number of rotatable bonds is 5. The molecule has 36 heavy (non-hydrogen) atoms. The van der Waals surface area contributed by atoms with Crippen LogP contribution >= 0.6 is 0 Å². The molecule has 5 rings (SSSR count). The lowest BCUT2D eigenvalue weighted by Gasteiger charge is -2.35. The van der Waals surface area contributed by atoms with Crippen molar-refractivity contribution in [2.45, 2.75) is 45.2 Å². The van der Waals surface area contributed by atoms with Crippen LogP contribution < -0.4 is 16.6 Å². The number of aryl methyl sites for hydroxylation is 1. The minimum Gasteiger partial charge on any atom is -0.468 e. The number of ether oxygens (including phenoxy) is 1. The van der Waals surface area contributed by atoms with E-state index in [1.165, 1.54) is 11.7 Å². The SMILES string of the molecule is COC(=O)Cn1c(=O)c2c(n(Cc3ccccc3)c1=O)NC1=C(C(=O)CCC1)[C@H]2c1ccc(C)cc1. The second-order valence-corrected chi connectivity index (χ2v) is 9.22. The number of esters is 1. The molecule has 0 radical (unpaired) electrons. The molecule has 8 nitrogen and oxygen atoms in total. The average molecular weight is 486 g/mol. The van der Waals surface area contributed by atoms with E-state index in [-0.39, 0.29) is 17.9 Å². The maximum atomic E-state index is 13.9. The van der Waals surface area contributed by atoms with Crippen molar-refractivity contribution in [1.29, 1.82) is 0 Å². The first-order chi connectivity index (χ1) is 17.4. The van der Waals surface area contributed by atoms with Crippen LogP contribution in [0.15, 0.2) is 75.5 Å². The predicted molar refractivity (Wildman–Crippen MR) is 135 cm³/mol. The van der Waals surface area contributed by atoms with Crippen LogP contribution in [0.2, 0.25) is 0 Å². The minimum atomic E-state index is -0.704. The highest BCUT2D eigenvalue weighted by atomic mass is 16.5. The number of benzene rings is 2. The van der Waals surface area contributed by atoms with Crippen LogP contribution in [-0.2, 0) is 27.4 Å². The number of Topliss-reactive ketones (excluding diaryl/α,β-unsaturated/α-hetero) is 1. The van der Waals surface area contributed by atoms with Crippen molar-refractivity contribution in [3.05, 3.63) is 109 Å². The van der Waals surface area contributed by atoms with Crippen molar-refractivity contribution >= 4 is 17.6 Å². The molecule has 1 aliphatic carbocycles. The molecule has 0 saturated heterocycles. The van der Waals surface area contributed by atoms with E-state index in [0.29, 0.717) is 30.7 Å². The van der Waals surface area contributed by atoms with Crippen molar-refractivity contribution in [3.63, 3.8) is 0 Å². The number of anilines is 1. The Hall–Kier alpha value is -4.20. The van der Waals surface area contributed by atoms with Gasteiger partial charge in [-0.05, 0) is 30.9 Å². The number of hydrogen-bond acceptors (Lipinski definition) is 6. The summed E-state index contributed by atoms with van der Waals surface area (Å²) in [5.41, 5.74) is 3.07. The number of carbonyl (C=O) groups excluding carboxylic acids is 2. The summed E-state index contributed by atoms with van der Waals surface area (Å²) in [6.45, 7) is 1.64. The van der Waals surface area contributed by atoms with Gasteiger partial charge in [-0.15, -0.1) is 0 Å². The molecule has 1 aromatic heterocycles. The normalized spacial score (nSPS) is 16.7. The standard InChI is InChI=1S/C28H27N3O5/c1-17-11-13-19(14-12-17)23-24-20(9-6-10-21(24)32)29-26-25(23)27(34)31(16-22(33)36-2)28(35)30(26)15-18-7-4-3-5-8-18/h3-5,7-8,11-14,23,29H,6,9-10,15-16H2,1-2H3/t23-/m1/s1. The Labute approximate surface area is 207 Å². The van der Waals surface area contributed by atoms with Gasteiger partial charge in [0.15, 0.2) is 5.78 Å². The van der Waals surface area contributed by atoms with Gasteiger partial charge in [0.05, 0.1) is 19.2 Å². The molecule has 3 aromatic rings. The van der Waals surface area contributed by atoms with Crippen LogP contribution in [0.25, 0.3) is 0 Å². The summed E-state index contributed by atoms with van der Waals surface area (Å²) in [6, 6.07) is 17.1. The van der Waals surface area contributed by atoms with Gasteiger partial charge in [-0.2, -0.15) is 0 Å². The van der Waals surface area contributed by atoms with E-state index in [2.05, 4.69) is 5.32 Å². The zero-order valence-electron chi connectivity index (χ0n) is 20.2. The van der Waals surface area contributed by atoms with Crippen LogP contribution in [0.5, 0.6) is 0 Å². The fourth-order valence-corrected chi connectivity index (χ4v) is 5.07. The number of fused-ring (bicyclic) bond motifs is 1. The van der Waals surface area contributed by atoms with Gasteiger partial charge < -0.3 is 10.1 Å². The van der Waals surface area contributed by atoms with Crippen LogP contribution in [0.3, 0.4) is 0 Å². The molecule has 0 bridgehead atoms. The zero-order chi connectivity index (χ0) is 25.4. The summed E-state index contributed by atoms with van der Waals surface area (Å²) >= 11 is 0. The average Bonchev–Trinajstić information content (AvgIpc) is 2.89. The van der Waals surface area contributed by atoms with Gasteiger partial charge >= 0.3 is 11.7 Å². The van der Waals surface area contributed by atoms with Crippen LogP contribution in [-0.4, -0.2) is 28.0 Å². The highest BCUT2D eigenvalue weighted by Crippen LogP contribution is 2.43. The molecule has 0 spiro atoms. The van der Waals surface area contributed by atoms with Gasteiger partial charge in [0.1, 0.15) is 12.4 Å². The summed E-state index contributed by atoms with van der Waals surface area (Å²) in [6.07, 6.45) is 1.74. The molecule has 1 atom stereocenters. The maximum Gasteiger partial charge on any atom is 0.333 e. The number of nitrogens with one attached hydrogen (secondary N) is 1. The van der Waals surface area contributed by atoms with E-state index < -0.39 is 29.7 Å². The summed E-state index contributed by atoms with van der Waals surface area (Å²) in [7, 11) is 1.21. The van der Waals surface area contributed by atoms with E-state index in [1.54, 1.807) is 0 Å². The van der Waals surface area contributed by atoms with Gasteiger partial charge in [0, 0.05) is 23.6 Å². The molecule has 2 heterocycles. The van der Waals surface area contributed by atoms with E-state index in [9.17, 15) is 19.2 Å². The number of nitrogens with zero attached hydrogens (tertiary/aromatic N) is 2. The second-order valence-electron chi connectivity index (χ2n) is 9.22. The summed E-state index contributed by atoms with van der Waals surface area (Å²) in [4.78, 5) is 52.9. The van der Waals surface area contributed by atoms with Crippen molar-refractivity contribution in [2.75, 3.05) is 12.4 Å². The second kappa shape index (κ2) is 9.45. The Morgan fingerprint density at radius 3 is 2.42 bits per heavy atom. The Balaban J connectivity index is 1.82. The first kappa shape index (κ1) is 23.5. The molecular formula is C28H27N3O5. The van der Waals surface area contributed by atoms with Crippen molar-refractivity contribution in [1.82, 2.24) is 9.13 Å². The Morgan fingerprint density at radius 2 is 1.72 bits per heavy atom. The van der Waals surface area contributed by atoms with E-state index >= 15 is 0 Å². The van der Waals surface area contributed by atoms with E-state index in [0.717, 1.165) is 27.0 Å². The van der Waals surface area contributed by atoms with Crippen molar-refractivity contribution < 1.29 is 14.3 Å². The monoisotopic (exact) mass is 485 g/mol. The predicted octanol–water partition coefficient (Wildman–Crippen LogP) is 3.10. The van der Waals surface area contributed by atoms with Crippen molar-refractivity contribution in [2.24, 2.45) is 0 Å². The summed E-state index contributed by atoms with van der Waals surface area (Å²) in [5.74, 6) is -0.998. The largest absolute Gasteiger partial charge is 0.468 e. The number of carbonyl (C=O) groups is 2. The first-order valence-electron chi connectivity index (χ1n) is 12.0. The van der Waals surface area contributed by atoms with Gasteiger partial charge in [-0.3, -0.25) is 19.0 Å². The zero-order valence-corrected chi connectivity index (χ0v) is 20.2. The number of hydrogen-bond donors (Lipinski definition) is 1. The quantitative estimate of drug-likeness (QED) is 0.558. The van der Waals surface area contributed by atoms with Crippen molar-refractivity contribution in [3.8, 4) is 0 Å². The number of aromatic nitrogens is 2. The molecule has 0 unspecified atom stereocenters. The molecule has 1 N–H and O–H groups in total. The van der Waals surface area contributed by atoms with Gasteiger partial charge in [-0.25, -0.2) is 9.36 Å². The van der Waals surface area contributed by atoms with Gasteiger partial charge in [-0.1, -0.05) is 60.2 Å². The molecule has 2 aliphatic rings. The molecule has 2 aromatic carbocycles. The number of methoxy groups -OCH3 is 1. The molecule has 1 aliphatic heterocycles. The van der Waals surface area contributed by atoms with Crippen LogP contribution in [0.1, 0.15) is 47.4 Å².